The molecular formula is C5H2Br3NOS. The molecule has 0 atom stereocenters. The number of nitrogens with zero attached hydrogens (tertiary/aromatic N) is 1. The van der Waals surface area contributed by atoms with Crippen LogP contribution in [0.5, 0.6) is 0 Å². The van der Waals surface area contributed by atoms with Gasteiger partial charge in [0.1, 0.15) is 0 Å². The molecule has 1 aromatic heterocycles. The minimum Gasteiger partial charge on any atom is -0.411 e. The van der Waals surface area contributed by atoms with E-state index >= 15 is 0 Å². The van der Waals surface area contributed by atoms with Crippen LogP contribution in [0.1, 0.15) is 5.56 Å². The van der Waals surface area contributed by atoms with Crippen LogP contribution >= 0.6 is 59.1 Å². The summed E-state index contributed by atoms with van der Waals surface area (Å²) >= 11 is 11.5. The Morgan fingerprint density at radius 2 is 1.91 bits per heavy atom. The van der Waals surface area contributed by atoms with Crippen molar-refractivity contribution in [2.24, 2.45) is 5.16 Å². The van der Waals surface area contributed by atoms with E-state index in [0.717, 1.165) is 17.6 Å². The zero-order valence-corrected chi connectivity index (χ0v) is 10.6. The average Bonchev–Trinajstić information content (AvgIpc) is 2.17. The molecule has 0 saturated heterocycles. The Labute approximate surface area is 92.7 Å². The Bertz CT molecular complexity index is 296. The highest BCUT2D eigenvalue weighted by Crippen LogP contribution is 2.39. The summed E-state index contributed by atoms with van der Waals surface area (Å²) in [4.78, 5) is 0. The second kappa shape index (κ2) is 4.02. The fourth-order valence-electron chi connectivity index (χ4n) is 0.536. The Hall–Kier alpha value is 0.610. The summed E-state index contributed by atoms with van der Waals surface area (Å²) in [6.45, 7) is 0. The highest BCUT2D eigenvalue weighted by Gasteiger charge is 2.10. The first-order valence-electron chi connectivity index (χ1n) is 2.47. The van der Waals surface area contributed by atoms with Crippen molar-refractivity contribution >= 4 is 65.3 Å². The van der Waals surface area contributed by atoms with Crippen molar-refractivity contribution in [3.8, 4) is 0 Å². The number of thiophene rings is 1. The molecule has 0 amide bonds. The van der Waals surface area contributed by atoms with Gasteiger partial charge in [0.2, 0.25) is 0 Å². The van der Waals surface area contributed by atoms with Gasteiger partial charge in [0.25, 0.3) is 0 Å². The number of hydrogen-bond acceptors (Lipinski definition) is 3. The highest BCUT2D eigenvalue weighted by atomic mass is 79.9. The third kappa shape index (κ3) is 2.05. The fraction of sp³-hybridized carbons (Fsp3) is 0. The van der Waals surface area contributed by atoms with Gasteiger partial charge in [0.15, 0.2) is 0 Å². The highest BCUT2D eigenvalue weighted by molar-refractivity contribution is 9.14. The Morgan fingerprint density at radius 1 is 1.27 bits per heavy atom. The fourth-order valence-corrected chi connectivity index (χ4v) is 4.24. The van der Waals surface area contributed by atoms with Gasteiger partial charge in [-0.2, -0.15) is 0 Å². The van der Waals surface area contributed by atoms with Crippen LogP contribution in [0.25, 0.3) is 0 Å². The molecule has 0 spiro atoms. The Balaban J connectivity index is 3.22. The van der Waals surface area contributed by atoms with Crippen LogP contribution < -0.4 is 0 Å². The lowest BCUT2D eigenvalue weighted by atomic mass is 10.4. The lowest BCUT2D eigenvalue weighted by Gasteiger charge is -1.86. The topological polar surface area (TPSA) is 32.6 Å². The first-order valence-corrected chi connectivity index (χ1v) is 5.67. The molecule has 0 unspecified atom stereocenters. The number of oxime groups is 1. The predicted molar refractivity (Wildman–Crippen MR) is 56.8 cm³/mol. The molecule has 0 aliphatic rings. The second-order valence-electron chi connectivity index (χ2n) is 1.62. The molecule has 0 aliphatic carbocycles. The average molecular weight is 364 g/mol. The smallest absolute Gasteiger partial charge is 0.0859 e. The zero-order chi connectivity index (χ0) is 8.43. The van der Waals surface area contributed by atoms with Gasteiger partial charge in [0.05, 0.1) is 18.3 Å². The van der Waals surface area contributed by atoms with Crippen molar-refractivity contribution in [2.45, 2.75) is 0 Å². The van der Waals surface area contributed by atoms with Gasteiger partial charge < -0.3 is 5.21 Å². The number of halogens is 3. The van der Waals surface area contributed by atoms with Crippen LogP contribution in [-0.4, -0.2) is 11.4 Å². The lowest BCUT2D eigenvalue weighted by Crippen LogP contribution is -1.77. The van der Waals surface area contributed by atoms with E-state index in [2.05, 4.69) is 52.9 Å². The summed E-state index contributed by atoms with van der Waals surface area (Å²) in [5.74, 6) is 0. The van der Waals surface area contributed by atoms with E-state index in [-0.39, 0.29) is 0 Å². The van der Waals surface area contributed by atoms with E-state index in [1.54, 1.807) is 0 Å². The molecule has 0 bridgehead atoms. The molecule has 0 aliphatic heterocycles. The molecule has 11 heavy (non-hydrogen) atoms. The van der Waals surface area contributed by atoms with Gasteiger partial charge in [0, 0.05) is 5.56 Å². The van der Waals surface area contributed by atoms with Crippen molar-refractivity contribution in [3.05, 3.63) is 17.6 Å². The molecular weight excluding hydrogens is 362 g/mol. The summed E-state index contributed by atoms with van der Waals surface area (Å²) in [6.07, 6.45) is 1.37. The monoisotopic (exact) mass is 361 g/mol. The summed E-state index contributed by atoms with van der Waals surface area (Å²) in [6, 6.07) is 0. The lowest BCUT2D eigenvalue weighted by molar-refractivity contribution is 0.322. The van der Waals surface area contributed by atoms with Crippen molar-refractivity contribution in [2.75, 3.05) is 0 Å². The third-order valence-corrected chi connectivity index (χ3v) is 5.18. The molecule has 0 aromatic carbocycles. The minimum absolute atomic E-state index is 0.837. The maximum absolute atomic E-state index is 8.29. The second-order valence-corrected chi connectivity index (χ2v) is 6.07. The molecule has 1 rings (SSSR count). The predicted octanol–water partition coefficient (Wildman–Crippen LogP) is 3.84. The van der Waals surface area contributed by atoms with Gasteiger partial charge >= 0.3 is 0 Å². The van der Waals surface area contributed by atoms with Crippen molar-refractivity contribution in [1.29, 1.82) is 0 Å². The summed E-state index contributed by atoms with van der Waals surface area (Å²) in [5.41, 5.74) is 0.837. The van der Waals surface area contributed by atoms with Crippen LogP contribution in [-0.2, 0) is 0 Å². The maximum Gasteiger partial charge on any atom is 0.0859 e. The zero-order valence-electron chi connectivity index (χ0n) is 5.01. The van der Waals surface area contributed by atoms with Crippen molar-refractivity contribution in [3.63, 3.8) is 0 Å². The van der Waals surface area contributed by atoms with E-state index in [4.69, 9.17) is 5.21 Å². The summed E-state index contributed by atoms with van der Waals surface area (Å²) in [5, 5.41) is 11.2. The minimum atomic E-state index is 0.837. The standard InChI is InChI=1S/C5H2Br3NOS/c6-3-2(1-9-10)4(7)11-5(3)8/h1,10H/b9-1+. The normalized spacial score (nSPS) is 11.2. The summed E-state index contributed by atoms with van der Waals surface area (Å²) in [7, 11) is 0. The first kappa shape index (κ1) is 9.70. The van der Waals surface area contributed by atoms with Gasteiger partial charge in [-0.1, -0.05) is 5.16 Å². The number of hydrogen-bond donors (Lipinski definition) is 1. The van der Waals surface area contributed by atoms with Crippen LogP contribution in [0.3, 0.4) is 0 Å². The van der Waals surface area contributed by atoms with Crippen molar-refractivity contribution < 1.29 is 5.21 Å². The van der Waals surface area contributed by atoms with Gasteiger partial charge in [-0.25, -0.2) is 0 Å². The molecule has 0 fully saturated rings. The van der Waals surface area contributed by atoms with Gasteiger partial charge in [-0.15, -0.1) is 11.3 Å². The summed E-state index contributed by atoms with van der Waals surface area (Å²) < 4.78 is 2.79. The van der Waals surface area contributed by atoms with Crippen LogP contribution in [0.2, 0.25) is 0 Å². The Morgan fingerprint density at radius 3 is 2.27 bits per heavy atom. The molecule has 0 saturated carbocycles. The van der Waals surface area contributed by atoms with E-state index in [9.17, 15) is 0 Å². The SMILES string of the molecule is O/N=C/c1c(Br)sc(Br)c1Br. The molecule has 1 heterocycles. The van der Waals surface area contributed by atoms with E-state index < -0.39 is 0 Å². The molecule has 1 N–H and O–H groups in total. The van der Waals surface area contributed by atoms with Gasteiger partial charge in [-0.05, 0) is 47.8 Å². The van der Waals surface area contributed by atoms with E-state index in [0.29, 0.717) is 0 Å². The maximum atomic E-state index is 8.29. The molecule has 60 valence electrons. The third-order valence-electron chi connectivity index (χ3n) is 0.987. The van der Waals surface area contributed by atoms with E-state index in [1.165, 1.54) is 17.6 Å². The van der Waals surface area contributed by atoms with Crippen LogP contribution in [0.4, 0.5) is 0 Å². The van der Waals surface area contributed by atoms with Crippen molar-refractivity contribution in [1.82, 2.24) is 0 Å². The van der Waals surface area contributed by atoms with Crippen LogP contribution in [0, 0.1) is 0 Å². The molecule has 6 heteroatoms. The molecule has 0 radical (unpaired) electrons. The van der Waals surface area contributed by atoms with Crippen LogP contribution in [0.15, 0.2) is 17.2 Å². The Kier molecular flexibility index (Phi) is 3.54. The van der Waals surface area contributed by atoms with Gasteiger partial charge in [-0.3, -0.25) is 0 Å². The number of rotatable bonds is 1. The molecule has 2 nitrogen and oxygen atoms in total. The first-order chi connectivity index (χ1) is 5.16. The quantitative estimate of drug-likeness (QED) is 0.459. The largest absolute Gasteiger partial charge is 0.411 e. The molecule has 1 aromatic rings. The van der Waals surface area contributed by atoms with E-state index in [1.807, 2.05) is 0 Å².